The summed E-state index contributed by atoms with van der Waals surface area (Å²) in [6.45, 7) is 2.75. The fourth-order valence-corrected chi connectivity index (χ4v) is 9.71. The van der Waals surface area contributed by atoms with Crippen LogP contribution in [0.5, 0.6) is 0 Å². The highest BCUT2D eigenvalue weighted by molar-refractivity contribution is 5.76. The molecular weight excluding hydrogens is 967 g/mol. The number of nitrogens with one attached hydrogen (secondary N) is 1. The summed E-state index contributed by atoms with van der Waals surface area (Å²) in [4.78, 5) is 13.3. The van der Waals surface area contributed by atoms with Gasteiger partial charge in [0.05, 0.1) is 32.0 Å². The van der Waals surface area contributed by atoms with Crippen LogP contribution >= 0.6 is 0 Å². The molecule has 0 aromatic heterocycles. The Morgan fingerprint density at radius 1 is 0.474 bits per heavy atom. The van der Waals surface area contributed by atoms with E-state index in [4.69, 9.17) is 18.9 Å². The van der Waals surface area contributed by atoms with Gasteiger partial charge < -0.3 is 65.1 Å². The largest absolute Gasteiger partial charge is 0.394 e. The second-order valence-electron chi connectivity index (χ2n) is 21.5. The van der Waals surface area contributed by atoms with Crippen molar-refractivity contribution in [3.8, 4) is 0 Å². The summed E-state index contributed by atoms with van der Waals surface area (Å²) in [5.74, 6) is -0.254. The molecule has 12 atom stereocenters. The number of ether oxygens (including phenoxy) is 4. The molecule has 0 bridgehead atoms. The summed E-state index contributed by atoms with van der Waals surface area (Å²) < 4.78 is 22.7. The Balaban J connectivity index is 1.73. The van der Waals surface area contributed by atoms with Gasteiger partial charge in [-0.2, -0.15) is 0 Å². The first-order chi connectivity index (χ1) is 37.1. The highest BCUT2D eigenvalue weighted by atomic mass is 16.7. The van der Waals surface area contributed by atoms with E-state index in [9.17, 15) is 45.6 Å². The fraction of sp³-hybridized carbons (Fsp3) is 0.823. The molecule has 9 N–H and O–H groups in total. The normalized spacial score (nSPS) is 25.3. The van der Waals surface area contributed by atoms with Gasteiger partial charge in [0.1, 0.15) is 48.8 Å². The Morgan fingerprint density at radius 2 is 0.882 bits per heavy atom. The SMILES string of the molecule is CCCCCCC/C=C\C/C=C\CCCCCCCCCCCCCCCCCC(=O)NC(COC1OC(CO)C(OC2OC(CO)C(O)C(O)C2O)C(O)C1O)C(O)/C=C/CC/C=C/CC/C=C/CCCCCCC. The first-order valence-corrected chi connectivity index (χ1v) is 30.5. The molecule has 0 aromatic rings. The van der Waals surface area contributed by atoms with Crippen molar-refractivity contribution in [1.29, 1.82) is 0 Å². The van der Waals surface area contributed by atoms with E-state index in [1.54, 1.807) is 6.08 Å². The minimum Gasteiger partial charge on any atom is -0.394 e. The molecule has 0 spiro atoms. The molecule has 14 heteroatoms. The van der Waals surface area contributed by atoms with Crippen molar-refractivity contribution in [1.82, 2.24) is 5.32 Å². The molecule has 442 valence electrons. The summed E-state index contributed by atoms with van der Waals surface area (Å²) in [5, 5.41) is 87.0. The highest BCUT2D eigenvalue weighted by Crippen LogP contribution is 2.30. The quantitative estimate of drug-likeness (QED) is 0.0204. The summed E-state index contributed by atoms with van der Waals surface area (Å²) in [7, 11) is 0. The van der Waals surface area contributed by atoms with Crippen molar-refractivity contribution >= 4 is 5.91 Å². The van der Waals surface area contributed by atoms with Gasteiger partial charge in [-0.3, -0.25) is 4.79 Å². The molecule has 0 aliphatic carbocycles. The van der Waals surface area contributed by atoms with Crippen LogP contribution in [-0.4, -0.2) is 140 Å². The lowest BCUT2D eigenvalue weighted by Crippen LogP contribution is -2.65. The summed E-state index contributed by atoms with van der Waals surface area (Å²) >= 11 is 0. The molecule has 2 aliphatic heterocycles. The molecular formula is C62H111NO13. The van der Waals surface area contributed by atoms with Gasteiger partial charge >= 0.3 is 0 Å². The van der Waals surface area contributed by atoms with Crippen LogP contribution in [0.3, 0.4) is 0 Å². The molecule has 14 nitrogen and oxygen atoms in total. The average molecular weight is 1080 g/mol. The lowest BCUT2D eigenvalue weighted by Gasteiger charge is -2.46. The topological polar surface area (TPSA) is 228 Å². The Hall–Kier alpha value is -2.31. The predicted molar refractivity (Wildman–Crippen MR) is 304 cm³/mol. The van der Waals surface area contributed by atoms with E-state index in [1.165, 1.54) is 148 Å². The molecule has 2 fully saturated rings. The number of allylic oxidation sites excluding steroid dienone is 9. The van der Waals surface area contributed by atoms with Crippen LogP contribution in [0.2, 0.25) is 0 Å². The zero-order chi connectivity index (χ0) is 55.3. The van der Waals surface area contributed by atoms with Crippen molar-refractivity contribution in [2.24, 2.45) is 0 Å². The number of unbranched alkanes of at least 4 members (excludes halogenated alkanes) is 27. The first-order valence-electron chi connectivity index (χ1n) is 30.5. The van der Waals surface area contributed by atoms with Crippen LogP contribution in [0.1, 0.15) is 232 Å². The van der Waals surface area contributed by atoms with Crippen LogP contribution in [0, 0.1) is 0 Å². The molecule has 76 heavy (non-hydrogen) atoms. The smallest absolute Gasteiger partial charge is 0.220 e. The molecule has 2 aliphatic rings. The number of carbonyl (C=O) groups is 1. The Bertz CT molecular complexity index is 1510. The maximum absolute atomic E-state index is 13.3. The van der Waals surface area contributed by atoms with Gasteiger partial charge in [-0.1, -0.05) is 209 Å². The Labute approximate surface area is 460 Å². The minimum absolute atomic E-state index is 0.254. The maximum atomic E-state index is 13.3. The number of aliphatic hydroxyl groups excluding tert-OH is 8. The number of carbonyl (C=O) groups excluding carboxylic acids is 1. The monoisotopic (exact) mass is 1080 g/mol. The van der Waals surface area contributed by atoms with E-state index in [0.29, 0.717) is 12.8 Å². The number of hydrogen-bond donors (Lipinski definition) is 9. The third-order valence-corrected chi connectivity index (χ3v) is 14.7. The fourth-order valence-electron chi connectivity index (χ4n) is 9.71. The minimum atomic E-state index is -1.79. The predicted octanol–water partition coefficient (Wildman–Crippen LogP) is 10.6. The van der Waals surface area contributed by atoms with Crippen molar-refractivity contribution in [3.63, 3.8) is 0 Å². The molecule has 0 radical (unpaired) electrons. The van der Waals surface area contributed by atoms with Gasteiger partial charge in [0.15, 0.2) is 12.6 Å². The van der Waals surface area contributed by atoms with E-state index in [-0.39, 0.29) is 18.9 Å². The Kier molecular flexibility index (Phi) is 43.6. The van der Waals surface area contributed by atoms with Gasteiger partial charge in [0.2, 0.25) is 5.91 Å². The zero-order valence-electron chi connectivity index (χ0n) is 47.5. The molecule has 1 amide bonds. The third kappa shape index (κ3) is 32.7. The molecule has 12 unspecified atom stereocenters. The van der Waals surface area contributed by atoms with E-state index in [1.807, 2.05) is 6.08 Å². The van der Waals surface area contributed by atoms with Crippen LogP contribution in [0.15, 0.2) is 60.8 Å². The van der Waals surface area contributed by atoms with Crippen molar-refractivity contribution in [2.45, 2.75) is 306 Å². The van der Waals surface area contributed by atoms with E-state index in [2.05, 4.69) is 67.8 Å². The molecule has 2 saturated heterocycles. The van der Waals surface area contributed by atoms with E-state index >= 15 is 0 Å². The van der Waals surface area contributed by atoms with Gasteiger partial charge in [-0.25, -0.2) is 0 Å². The molecule has 2 rings (SSSR count). The lowest BCUT2D eigenvalue weighted by atomic mass is 9.97. The first kappa shape index (κ1) is 69.8. The molecule has 2 heterocycles. The second-order valence-corrected chi connectivity index (χ2v) is 21.5. The van der Waals surface area contributed by atoms with Crippen LogP contribution in [0.25, 0.3) is 0 Å². The van der Waals surface area contributed by atoms with Gasteiger partial charge in [0, 0.05) is 6.42 Å². The Morgan fingerprint density at radius 3 is 1.37 bits per heavy atom. The average Bonchev–Trinajstić information content (AvgIpc) is 3.42. The molecule has 0 saturated carbocycles. The van der Waals surface area contributed by atoms with E-state index in [0.717, 1.165) is 51.4 Å². The van der Waals surface area contributed by atoms with Gasteiger partial charge in [-0.15, -0.1) is 0 Å². The standard InChI is InChI=1S/C62H111NO13/c1-3-5-7-9-11-13-15-17-19-20-21-22-23-24-25-26-27-28-29-30-32-34-36-38-40-42-44-46-54(67)63-50(51(66)45-43-41-39-37-35-33-31-18-16-14-12-10-8-6-4-2)49-73-61-59(72)57(70)60(53(48-65)75-61)76-62-58(71)56(69)55(68)52(47-64)74-62/h15-18,20-21,35,37,43,45,50-53,55-62,64-66,68-72H,3-14,19,22-34,36,38-42,44,46-49H2,1-2H3,(H,63,67)/b17-15-,18-16+,21-20-,37-35+,45-43+. The van der Waals surface area contributed by atoms with Crippen molar-refractivity contribution < 1.29 is 64.6 Å². The van der Waals surface area contributed by atoms with E-state index < -0.39 is 86.8 Å². The van der Waals surface area contributed by atoms with Crippen molar-refractivity contribution in [3.05, 3.63) is 60.8 Å². The third-order valence-electron chi connectivity index (χ3n) is 14.7. The van der Waals surface area contributed by atoms with Gasteiger partial charge in [-0.05, 0) is 77.0 Å². The summed E-state index contributed by atoms with van der Waals surface area (Å²) in [6.07, 6.45) is 44.1. The number of aliphatic hydroxyl groups is 8. The van der Waals surface area contributed by atoms with Crippen LogP contribution in [0.4, 0.5) is 0 Å². The number of rotatable bonds is 48. The second kappa shape index (κ2) is 47.5. The van der Waals surface area contributed by atoms with Crippen LogP contribution in [-0.2, 0) is 23.7 Å². The zero-order valence-corrected chi connectivity index (χ0v) is 47.5. The number of hydrogen-bond acceptors (Lipinski definition) is 13. The highest BCUT2D eigenvalue weighted by Gasteiger charge is 2.51. The van der Waals surface area contributed by atoms with Crippen LogP contribution < -0.4 is 5.32 Å². The maximum Gasteiger partial charge on any atom is 0.220 e. The summed E-state index contributed by atoms with van der Waals surface area (Å²) in [6, 6.07) is -0.939. The summed E-state index contributed by atoms with van der Waals surface area (Å²) in [5.41, 5.74) is 0. The number of amides is 1. The molecule has 0 aromatic carbocycles. The lowest BCUT2D eigenvalue weighted by molar-refractivity contribution is -0.359. The van der Waals surface area contributed by atoms with Crippen molar-refractivity contribution in [2.75, 3.05) is 19.8 Å². The van der Waals surface area contributed by atoms with Gasteiger partial charge in [0.25, 0.3) is 0 Å².